The van der Waals surface area contributed by atoms with E-state index in [4.69, 9.17) is 0 Å². The molecule has 1 N–H and O–H groups in total. The Balaban J connectivity index is 1.75. The first-order valence-corrected chi connectivity index (χ1v) is 9.70. The van der Waals surface area contributed by atoms with Gasteiger partial charge in [-0.2, -0.15) is 13.2 Å². The van der Waals surface area contributed by atoms with Crippen LogP contribution in [0.1, 0.15) is 66.5 Å². The molecule has 0 saturated heterocycles. The Morgan fingerprint density at radius 2 is 1.90 bits per heavy atom. The number of carbonyl (C=O) groups is 1. The number of aryl methyl sites for hydroxylation is 1. The third-order valence-corrected chi connectivity index (χ3v) is 5.04. The first-order valence-electron chi connectivity index (χ1n) is 9.70. The number of imidazole rings is 1. The van der Waals surface area contributed by atoms with Gasteiger partial charge in [-0.3, -0.25) is 9.78 Å². The number of fused-ring (bicyclic) bond motifs is 1. The van der Waals surface area contributed by atoms with Crippen molar-refractivity contribution in [2.24, 2.45) is 5.92 Å². The second kappa shape index (κ2) is 7.33. The van der Waals surface area contributed by atoms with E-state index in [0.717, 1.165) is 18.9 Å². The fourth-order valence-corrected chi connectivity index (χ4v) is 3.43. The number of halogens is 3. The highest BCUT2D eigenvalue weighted by Crippen LogP contribution is 2.42. The van der Waals surface area contributed by atoms with Crippen LogP contribution in [0.5, 0.6) is 0 Å². The fraction of sp³-hybridized carbons (Fsp3) is 0.450. The van der Waals surface area contributed by atoms with Gasteiger partial charge in [-0.05, 0) is 51.7 Å². The lowest BCUT2D eigenvalue weighted by molar-refractivity contribution is -0.141. The van der Waals surface area contributed by atoms with Gasteiger partial charge in [0.15, 0.2) is 5.65 Å². The van der Waals surface area contributed by atoms with E-state index >= 15 is 0 Å². The number of pyridine rings is 1. The van der Waals surface area contributed by atoms with Crippen molar-refractivity contribution in [1.29, 1.82) is 0 Å². The van der Waals surface area contributed by atoms with Crippen LogP contribution in [0.4, 0.5) is 13.2 Å². The maximum Gasteiger partial charge on any atom is 0.433 e. The largest absolute Gasteiger partial charge is 0.433 e. The normalized spacial score (nSPS) is 15.6. The number of aromatic nitrogens is 5. The van der Waals surface area contributed by atoms with E-state index < -0.39 is 23.8 Å². The number of nitrogens with one attached hydrogen (secondary N) is 1. The van der Waals surface area contributed by atoms with Crippen molar-refractivity contribution in [3.63, 3.8) is 0 Å². The van der Waals surface area contributed by atoms with E-state index in [-0.39, 0.29) is 23.3 Å². The van der Waals surface area contributed by atoms with Gasteiger partial charge in [0.25, 0.3) is 5.91 Å². The van der Waals surface area contributed by atoms with Gasteiger partial charge in [-0.25, -0.2) is 15.0 Å². The minimum Gasteiger partial charge on any atom is -0.340 e. The molecular formula is C20H21F3N6O. The molecule has 30 heavy (non-hydrogen) atoms. The minimum atomic E-state index is -4.55. The van der Waals surface area contributed by atoms with Crippen molar-refractivity contribution in [1.82, 2.24) is 29.8 Å². The van der Waals surface area contributed by atoms with Crippen LogP contribution in [0.15, 0.2) is 24.5 Å². The zero-order chi connectivity index (χ0) is 21.6. The zero-order valence-electron chi connectivity index (χ0n) is 16.7. The van der Waals surface area contributed by atoms with Crippen molar-refractivity contribution in [2.75, 3.05) is 0 Å². The van der Waals surface area contributed by atoms with E-state index in [9.17, 15) is 18.0 Å². The number of hydrogen-bond acceptors (Lipinski definition) is 5. The molecule has 0 unspecified atom stereocenters. The minimum absolute atomic E-state index is 0.156. The molecule has 1 aliphatic carbocycles. The summed E-state index contributed by atoms with van der Waals surface area (Å²) in [6.07, 6.45) is 0.152. The molecule has 158 valence electrons. The molecule has 3 aromatic heterocycles. The van der Waals surface area contributed by atoms with Gasteiger partial charge in [0.1, 0.15) is 22.7 Å². The molecule has 1 amide bonds. The molecule has 3 heterocycles. The average Bonchev–Trinajstić information content (AvgIpc) is 3.44. The lowest BCUT2D eigenvalue weighted by atomic mass is 10.1. The van der Waals surface area contributed by atoms with Crippen LogP contribution in [0.2, 0.25) is 0 Å². The van der Waals surface area contributed by atoms with Crippen LogP contribution in [0.3, 0.4) is 0 Å². The SMILES string of the molecule is Cc1cnc(C(=O)N[C@H](c2nc3ccc(C(F)(F)F)nc3n2C(C)C)C2CC2)cn1. The highest BCUT2D eigenvalue weighted by molar-refractivity contribution is 5.92. The molecule has 0 aromatic carbocycles. The van der Waals surface area contributed by atoms with Crippen molar-refractivity contribution < 1.29 is 18.0 Å². The monoisotopic (exact) mass is 418 g/mol. The molecule has 0 aliphatic heterocycles. The third kappa shape index (κ3) is 3.86. The highest BCUT2D eigenvalue weighted by atomic mass is 19.4. The summed E-state index contributed by atoms with van der Waals surface area (Å²) < 4.78 is 41.2. The lowest BCUT2D eigenvalue weighted by Gasteiger charge is -2.21. The highest BCUT2D eigenvalue weighted by Gasteiger charge is 2.38. The summed E-state index contributed by atoms with van der Waals surface area (Å²) in [6, 6.07) is 1.60. The van der Waals surface area contributed by atoms with E-state index in [2.05, 4.69) is 25.3 Å². The van der Waals surface area contributed by atoms with Crippen LogP contribution in [-0.4, -0.2) is 30.4 Å². The Morgan fingerprint density at radius 3 is 2.47 bits per heavy atom. The second-order valence-electron chi connectivity index (χ2n) is 7.80. The summed E-state index contributed by atoms with van der Waals surface area (Å²) in [7, 11) is 0. The predicted octanol–water partition coefficient (Wildman–Crippen LogP) is 4.01. The second-order valence-corrected chi connectivity index (χ2v) is 7.80. The number of carbonyl (C=O) groups excluding carboxylic acids is 1. The molecule has 1 aliphatic rings. The lowest BCUT2D eigenvalue weighted by Crippen LogP contribution is -2.33. The van der Waals surface area contributed by atoms with Gasteiger partial charge in [0, 0.05) is 12.2 Å². The Bertz CT molecular complexity index is 1090. The molecule has 1 fully saturated rings. The first-order chi connectivity index (χ1) is 14.1. The standard InChI is InChI=1S/C20H21F3N6O/c1-10(2)29-17-13(6-7-15(27-17)20(21,22)23)26-18(29)16(12-4-5-12)28-19(30)14-9-24-11(3)8-25-14/h6-10,12,16H,4-5H2,1-3H3,(H,28,30)/t16-/m0/s1. The topological polar surface area (TPSA) is 85.6 Å². The molecule has 0 spiro atoms. The zero-order valence-corrected chi connectivity index (χ0v) is 16.7. The van der Waals surface area contributed by atoms with Crippen molar-refractivity contribution in [3.8, 4) is 0 Å². The van der Waals surface area contributed by atoms with Gasteiger partial charge in [0.2, 0.25) is 0 Å². The maximum absolute atomic E-state index is 13.2. The third-order valence-electron chi connectivity index (χ3n) is 5.04. The number of alkyl halides is 3. The van der Waals surface area contributed by atoms with Crippen LogP contribution < -0.4 is 5.32 Å². The molecule has 10 heteroatoms. The Hall–Kier alpha value is -3.04. The Labute approximate surface area is 170 Å². The maximum atomic E-state index is 13.2. The molecule has 1 saturated carbocycles. The van der Waals surface area contributed by atoms with Crippen LogP contribution in [0.25, 0.3) is 11.2 Å². The van der Waals surface area contributed by atoms with E-state index in [0.29, 0.717) is 17.0 Å². The number of nitrogens with zero attached hydrogens (tertiary/aromatic N) is 5. The fourth-order valence-electron chi connectivity index (χ4n) is 3.43. The molecule has 0 radical (unpaired) electrons. The number of hydrogen-bond donors (Lipinski definition) is 1. The summed E-state index contributed by atoms with van der Waals surface area (Å²) in [4.78, 5) is 29.3. The number of rotatable bonds is 5. The van der Waals surface area contributed by atoms with Crippen LogP contribution >= 0.6 is 0 Å². The quantitative estimate of drug-likeness (QED) is 0.677. The average molecular weight is 418 g/mol. The molecule has 0 bridgehead atoms. The molecule has 3 aromatic rings. The summed E-state index contributed by atoms with van der Waals surface area (Å²) in [6.45, 7) is 5.47. The van der Waals surface area contributed by atoms with Gasteiger partial charge in [-0.1, -0.05) is 0 Å². The predicted molar refractivity (Wildman–Crippen MR) is 103 cm³/mol. The van der Waals surface area contributed by atoms with Crippen molar-refractivity contribution in [2.45, 2.75) is 51.9 Å². The van der Waals surface area contributed by atoms with Gasteiger partial charge < -0.3 is 9.88 Å². The van der Waals surface area contributed by atoms with Gasteiger partial charge in [-0.15, -0.1) is 0 Å². The molecule has 4 rings (SSSR count). The summed E-state index contributed by atoms with van der Waals surface area (Å²) >= 11 is 0. The summed E-state index contributed by atoms with van der Waals surface area (Å²) in [5.74, 6) is 0.261. The van der Waals surface area contributed by atoms with E-state index in [1.807, 2.05) is 13.8 Å². The molecule has 1 atom stereocenters. The van der Waals surface area contributed by atoms with Gasteiger partial charge in [0.05, 0.1) is 17.9 Å². The first kappa shape index (κ1) is 20.2. The van der Waals surface area contributed by atoms with E-state index in [1.165, 1.54) is 18.5 Å². The smallest absolute Gasteiger partial charge is 0.340 e. The van der Waals surface area contributed by atoms with Crippen molar-refractivity contribution in [3.05, 3.63) is 47.4 Å². The van der Waals surface area contributed by atoms with E-state index in [1.54, 1.807) is 11.5 Å². The van der Waals surface area contributed by atoms with Crippen LogP contribution in [0, 0.1) is 12.8 Å². The summed E-state index contributed by atoms with van der Waals surface area (Å²) in [5, 5.41) is 2.96. The molecule has 7 nitrogen and oxygen atoms in total. The number of amides is 1. The van der Waals surface area contributed by atoms with Crippen LogP contribution in [-0.2, 0) is 6.18 Å². The van der Waals surface area contributed by atoms with Crippen molar-refractivity contribution >= 4 is 17.1 Å². The Morgan fingerprint density at radius 1 is 1.17 bits per heavy atom. The van der Waals surface area contributed by atoms with Gasteiger partial charge >= 0.3 is 6.18 Å². The Kier molecular flexibility index (Phi) is 4.95. The molecular weight excluding hydrogens is 397 g/mol. The summed E-state index contributed by atoms with van der Waals surface area (Å²) in [5.41, 5.74) is 0.422.